The number of hydrogen-bond acceptors (Lipinski definition) is 4. The van der Waals surface area contributed by atoms with E-state index in [0.717, 1.165) is 10.7 Å². The molecule has 100 valence electrons. The van der Waals surface area contributed by atoms with E-state index < -0.39 is 22.2 Å². The summed E-state index contributed by atoms with van der Waals surface area (Å²) >= 11 is 0. The first-order valence-corrected chi connectivity index (χ1v) is 6.91. The molecule has 1 fully saturated rings. The zero-order valence-electron chi connectivity index (χ0n) is 9.76. The summed E-state index contributed by atoms with van der Waals surface area (Å²) in [6.45, 7) is 0.645. The lowest BCUT2D eigenvalue weighted by atomic mass is 10.1. The molecule has 0 aromatic rings. The van der Waals surface area contributed by atoms with E-state index in [-0.39, 0.29) is 19.7 Å². The van der Waals surface area contributed by atoms with Gasteiger partial charge in [0.1, 0.15) is 6.04 Å². The van der Waals surface area contributed by atoms with Gasteiger partial charge in [-0.25, -0.2) is 0 Å². The lowest BCUT2D eigenvalue weighted by Gasteiger charge is -2.31. The molecule has 2 N–H and O–H groups in total. The minimum atomic E-state index is -3.73. The third-order valence-electron chi connectivity index (χ3n) is 2.64. The highest BCUT2D eigenvalue weighted by Gasteiger charge is 2.36. The van der Waals surface area contributed by atoms with Crippen molar-refractivity contribution < 1.29 is 23.1 Å². The van der Waals surface area contributed by atoms with Gasteiger partial charge in [-0.15, -0.1) is 0 Å². The average molecular weight is 266 g/mol. The van der Waals surface area contributed by atoms with Crippen molar-refractivity contribution >= 4 is 16.2 Å². The van der Waals surface area contributed by atoms with Crippen LogP contribution in [0.1, 0.15) is 19.3 Å². The van der Waals surface area contributed by atoms with Crippen molar-refractivity contribution in [1.29, 1.82) is 0 Å². The Kier molecular flexibility index (Phi) is 5.31. The Hall–Kier alpha value is -0.700. The van der Waals surface area contributed by atoms with E-state index in [4.69, 9.17) is 9.84 Å². The van der Waals surface area contributed by atoms with Gasteiger partial charge in [0, 0.05) is 20.2 Å². The van der Waals surface area contributed by atoms with Gasteiger partial charge in [-0.1, -0.05) is 0 Å². The molecule has 1 aliphatic rings. The highest BCUT2D eigenvalue weighted by molar-refractivity contribution is 7.87. The van der Waals surface area contributed by atoms with E-state index in [1.54, 1.807) is 0 Å². The van der Waals surface area contributed by atoms with Crippen LogP contribution in [0.5, 0.6) is 0 Å². The van der Waals surface area contributed by atoms with Crippen molar-refractivity contribution in [3.05, 3.63) is 0 Å². The van der Waals surface area contributed by atoms with Gasteiger partial charge >= 0.3 is 5.97 Å². The van der Waals surface area contributed by atoms with Gasteiger partial charge in [0.15, 0.2) is 0 Å². The zero-order chi connectivity index (χ0) is 12.9. The van der Waals surface area contributed by atoms with Crippen LogP contribution in [-0.4, -0.2) is 56.6 Å². The summed E-state index contributed by atoms with van der Waals surface area (Å²) in [5.74, 6) is -1.10. The first-order valence-electron chi connectivity index (χ1n) is 5.47. The number of carboxylic acid groups (broad SMARTS) is 1. The van der Waals surface area contributed by atoms with E-state index in [2.05, 4.69) is 4.72 Å². The van der Waals surface area contributed by atoms with Crippen molar-refractivity contribution in [3.63, 3.8) is 0 Å². The monoisotopic (exact) mass is 266 g/mol. The van der Waals surface area contributed by atoms with Gasteiger partial charge in [0.05, 0.1) is 6.61 Å². The molecule has 8 heteroatoms. The van der Waals surface area contributed by atoms with Crippen LogP contribution in [0.15, 0.2) is 0 Å². The summed E-state index contributed by atoms with van der Waals surface area (Å²) in [7, 11) is -2.26. The van der Waals surface area contributed by atoms with Crippen LogP contribution in [0.4, 0.5) is 0 Å². The number of hydrogen-bond donors (Lipinski definition) is 2. The first-order chi connectivity index (χ1) is 7.99. The highest BCUT2D eigenvalue weighted by atomic mass is 32.2. The number of ether oxygens (including phenoxy) is 1. The van der Waals surface area contributed by atoms with Crippen molar-refractivity contribution in [3.8, 4) is 0 Å². The van der Waals surface area contributed by atoms with E-state index in [1.807, 2.05) is 0 Å². The van der Waals surface area contributed by atoms with Crippen molar-refractivity contribution in [1.82, 2.24) is 9.03 Å². The fourth-order valence-electron chi connectivity index (χ4n) is 1.80. The molecule has 0 radical (unpaired) electrons. The van der Waals surface area contributed by atoms with Crippen LogP contribution in [0.2, 0.25) is 0 Å². The highest BCUT2D eigenvalue weighted by Crippen LogP contribution is 2.19. The Morgan fingerprint density at radius 2 is 2.24 bits per heavy atom. The van der Waals surface area contributed by atoms with Gasteiger partial charge in [-0.3, -0.25) is 4.79 Å². The van der Waals surface area contributed by atoms with Gasteiger partial charge in [-0.2, -0.15) is 17.4 Å². The third-order valence-corrected chi connectivity index (χ3v) is 4.26. The molecule has 1 saturated heterocycles. The number of carboxylic acids is 1. The molecule has 1 aliphatic heterocycles. The fraction of sp³-hybridized carbons (Fsp3) is 0.889. The maximum absolute atomic E-state index is 11.9. The molecule has 0 aromatic carbocycles. The maximum Gasteiger partial charge on any atom is 0.322 e. The molecule has 7 nitrogen and oxygen atoms in total. The Balaban J connectivity index is 2.69. The minimum absolute atomic E-state index is 0.141. The van der Waals surface area contributed by atoms with Gasteiger partial charge in [0.25, 0.3) is 10.2 Å². The molecule has 0 bridgehead atoms. The summed E-state index contributed by atoms with van der Waals surface area (Å²) in [5.41, 5.74) is 0. The summed E-state index contributed by atoms with van der Waals surface area (Å²) in [6.07, 6.45) is 1.79. The number of carbonyl (C=O) groups is 1. The van der Waals surface area contributed by atoms with Crippen LogP contribution in [0.25, 0.3) is 0 Å². The molecule has 1 heterocycles. The van der Waals surface area contributed by atoms with Gasteiger partial charge in [-0.05, 0) is 19.3 Å². The molecular weight excluding hydrogens is 248 g/mol. The molecule has 0 saturated carbocycles. The van der Waals surface area contributed by atoms with Crippen LogP contribution in [0, 0.1) is 0 Å². The van der Waals surface area contributed by atoms with Gasteiger partial charge < -0.3 is 9.84 Å². The number of piperidine rings is 1. The SMILES string of the molecule is COCCNS(=O)(=O)N1CCCC[C@H]1C(=O)O. The smallest absolute Gasteiger partial charge is 0.322 e. The maximum atomic E-state index is 11.9. The number of aliphatic carboxylic acids is 1. The topological polar surface area (TPSA) is 95.9 Å². The first kappa shape index (κ1) is 14.4. The number of nitrogens with one attached hydrogen (secondary N) is 1. The normalized spacial score (nSPS) is 22.5. The standard InChI is InChI=1S/C9H18N2O5S/c1-16-7-5-10-17(14,15)11-6-3-2-4-8(11)9(12)13/h8,10H,2-7H2,1H3,(H,12,13)/t8-/m0/s1. The van der Waals surface area contributed by atoms with Crippen molar-refractivity contribution in [2.45, 2.75) is 25.3 Å². The van der Waals surface area contributed by atoms with E-state index in [9.17, 15) is 13.2 Å². The molecule has 17 heavy (non-hydrogen) atoms. The predicted molar refractivity (Wildman–Crippen MR) is 60.8 cm³/mol. The minimum Gasteiger partial charge on any atom is -0.480 e. The fourth-order valence-corrected chi connectivity index (χ4v) is 3.20. The molecule has 0 spiro atoms. The van der Waals surface area contributed by atoms with Crippen LogP contribution < -0.4 is 4.72 Å². The summed E-state index contributed by atoms with van der Waals surface area (Å²) in [4.78, 5) is 11.0. The molecule has 0 amide bonds. The molecule has 1 rings (SSSR count). The lowest BCUT2D eigenvalue weighted by Crippen LogP contribution is -2.52. The molecule has 0 aliphatic carbocycles. The van der Waals surface area contributed by atoms with Crippen LogP contribution >= 0.6 is 0 Å². The number of methoxy groups -OCH3 is 1. The van der Waals surface area contributed by atoms with E-state index >= 15 is 0 Å². The molecule has 1 atom stereocenters. The summed E-state index contributed by atoms with van der Waals surface area (Å²) < 4.78 is 31.8. The van der Waals surface area contributed by atoms with E-state index in [1.165, 1.54) is 7.11 Å². The summed E-state index contributed by atoms with van der Waals surface area (Å²) in [6, 6.07) is -0.955. The van der Waals surface area contributed by atoms with Crippen molar-refractivity contribution in [2.24, 2.45) is 0 Å². The Morgan fingerprint density at radius 1 is 1.53 bits per heavy atom. The Morgan fingerprint density at radius 3 is 2.82 bits per heavy atom. The second-order valence-electron chi connectivity index (χ2n) is 3.85. The number of nitrogens with zero attached hydrogens (tertiary/aromatic N) is 1. The summed E-state index contributed by atoms with van der Waals surface area (Å²) in [5, 5.41) is 8.99. The zero-order valence-corrected chi connectivity index (χ0v) is 10.6. The van der Waals surface area contributed by atoms with Crippen LogP contribution in [0.3, 0.4) is 0 Å². The third kappa shape index (κ3) is 3.91. The van der Waals surface area contributed by atoms with Crippen LogP contribution in [-0.2, 0) is 19.7 Å². The molecule has 0 aromatic heterocycles. The molecule has 0 unspecified atom stereocenters. The van der Waals surface area contributed by atoms with Crippen molar-refractivity contribution in [2.75, 3.05) is 26.8 Å². The molecular formula is C9H18N2O5S. The lowest BCUT2D eigenvalue weighted by molar-refractivity contribution is -0.142. The second-order valence-corrected chi connectivity index (χ2v) is 5.56. The largest absolute Gasteiger partial charge is 0.480 e. The van der Waals surface area contributed by atoms with Gasteiger partial charge in [0.2, 0.25) is 0 Å². The predicted octanol–water partition coefficient (Wildman–Crippen LogP) is -0.594. The van der Waals surface area contributed by atoms with E-state index in [0.29, 0.717) is 12.8 Å². The average Bonchev–Trinajstić information content (AvgIpc) is 2.29. The number of rotatable bonds is 6. The quantitative estimate of drug-likeness (QED) is 0.626. The Labute approximate surface area is 101 Å². The second kappa shape index (κ2) is 6.29. The Bertz CT molecular complexity index is 356.